The first-order chi connectivity index (χ1) is 19.0. The van der Waals surface area contributed by atoms with E-state index in [1.165, 1.54) is 19.3 Å². The standard InChI is InChI=1S/C27H47O12P/c1-2-3-4-5-6-7-8-9-10-11-12-13-14-15-16-17-21(29)37-18-20(28)19-38-40(35,36)39-27-25(33)23(31)22(30)24(32)26(27)34/h6-7,9-10,12-13,20,22-28,30-34H,2-5,8,11,14-19H2,1H3,(H,35,36)/b7-6-,10-9-,13-12-/t20-,22?,23-,24?,25?,26?,27?/m1/s1. The van der Waals surface area contributed by atoms with Crippen LogP contribution in [0.25, 0.3) is 0 Å². The molecular formula is C27H47O12P. The van der Waals surface area contributed by atoms with Crippen LogP contribution in [0.4, 0.5) is 0 Å². The van der Waals surface area contributed by atoms with Crippen molar-refractivity contribution in [2.75, 3.05) is 13.2 Å². The minimum atomic E-state index is -4.99. The van der Waals surface area contributed by atoms with Crippen molar-refractivity contribution in [3.8, 4) is 0 Å². The summed E-state index contributed by atoms with van der Waals surface area (Å²) in [5.41, 5.74) is 0. The van der Waals surface area contributed by atoms with E-state index in [-0.39, 0.29) is 6.42 Å². The smallest absolute Gasteiger partial charge is 0.463 e. The van der Waals surface area contributed by atoms with Crippen LogP contribution in [-0.2, 0) is 23.1 Å². The molecule has 6 unspecified atom stereocenters. The minimum absolute atomic E-state index is 0.140. The highest BCUT2D eigenvalue weighted by Crippen LogP contribution is 2.47. The summed E-state index contributed by atoms with van der Waals surface area (Å²) >= 11 is 0. The summed E-state index contributed by atoms with van der Waals surface area (Å²) in [6, 6.07) is 0. The number of allylic oxidation sites excluding steroid dienone is 6. The van der Waals surface area contributed by atoms with Crippen molar-refractivity contribution < 1.29 is 58.7 Å². The zero-order valence-corrected chi connectivity index (χ0v) is 24.0. The molecule has 1 aliphatic carbocycles. The highest BCUT2D eigenvalue weighted by Gasteiger charge is 2.51. The van der Waals surface area contributed by atoms with E-state index >= 15 is 0 Å². The molecule has 0 spiro atoms. The SMILES string of the molecule is CCCCC/C=C\C/C=C\C/C=C\CCCCC(=O)OC[C@@H](O)COP(=O)(O)OC1C(O)C(O)C(O)[C@@H](O)C1O. The van der Waals surface area contributed by atoms with Crippen molar-refractivity contribution in [2.45, 2.75) is 114 Å². The van der Waals surface area contributed by atoms with Gasteiger partial charge in [-0.2, -0.15) is 0 Å². The maximum absolute atomic E-state index is 12.1. The molecule has 8 atom stereocenters. The highest BCUT2D eigenvalue weighted by atomic mass is 31.2. The fourth-order valence-electron chi connectivity index (χ4n) is 3.82. The maximum Gasteiger partial charge on any atom is 0.472 e. The second kappa shape index (κ2) is 20.4. The van der Waals surface area contributed by atoms with Crippen LogP contribution < -0.4 is 0 Å². The Morgan fingerprint density at radius 2 is 1.27 bits per heavy atom. The van der Waals surface area contributed by atoms with Crippen LogP contribution in [-0.4, -0.2) is 97.4 Å². The fourth-order valence-corrected chi connectivity index (χ4v) is 4.80. The van der Waals surface area contributed by atoms with Crippen molar-refractivity contribution in [3.63, 3.8) is 0 Å². The van der Waals surface area contributed by atoms with Crippen molar-refractivity contribution in [3.05, 3.63) is 36.5 Å². The Balaban J connectivity index is 2.16. The van der Waals surface area contributed by atoms with E-state index in [2.05, 4.69) is 52.4 Å². The first-order valence-corrected chi connectivity index (χ1v) is 15.3. The number of carbonyl (C=O) groups is 1. The number of ether oxygens (including phenoxy) is 1. The average Bonchev–Trinajstić information content (AvgIpc) is 2.93. The molecule has 7 N–H and O–H groups in total. The van der Waals surface area contributed by atoms with Gasteiger partial charge in [-0.1, -0.05) is 56.2 Å². The second-order valence-corrected chi connectivity index (χ2v) is 11.2. The third kappa shape index (κ3) is 15.0. The van der Waals surface area contributed by atoms with Gasteiger partial charge in [-0.15, -0.1) is 0 Å². The Morgan fingerprint density at radius 3 is 1.82 bits per heavy atom. The average molecular weight is 595 g/mol. The van der Waals surface area contributed by atoms with Gasteiger partial charge in [-0.25, -0.2) is 4.57 Å². The first kappa shape index (κ1) is 36.6. The lowest BCUT2D eigenvalue weighted by Gasteiger charge is -2.41. The van der Waals surface area contributed by atoms with E-state index in [0.717, 1.165) is 32.1 Å². The van der Waals surface area contributed by atoms with Crippen LogP contribution in [0.2, 0.25) is 0 Å². The molecule has 1 aliphatic rings. The van der Waals surface area contributed by atoms with Crippen LogP contribution in [0.1, 0.15) is 71.1 Å². The van der Waals surface area contributed by atoms with E-state index in [4.69, 9.17) is 4.74 Å². The number of unbranched alkanes of at least 4 members (excludes halogenated alkanes) is 5. The monoisotopic (exact) mass is 594 g/mol. The van der Waals surface area contributed by atoms with Gasteiger partial charge in [0.15, 0.2) is 0 Å². The third-order valence-corrected chi connectivity index (χ3v) is 7.20. The Kier molecular flexibility index (Phi) is 18.7. The number of carbonyl (C=O) groups excluding carboxylic acids is 1. The Morgan fingerprint density at radius 1 is 0.775 bits per heavy atom. The van der Waals surface area contributed by atoms with Crippen LogP contribution >= 0.6 is 7.82 Å². The van der Waals surface area contributed by atoms with E-state index in [1.807, 2.05) is 0 Å². The van der Waals surface area contributed by atoms with E-state index < -0.39 is 69.7 Å². The molecule has 0 saturated heterocycles. The summed E-state index contributed by atoms with van der Waals surface area (Å²) in [5.74, 6) is -0.549. The zero-order valence-electron chi connectivity index (χ0n) is 23.1. The lowest BCUT2D eigenvalue weighted by atomic mass is 9.85. The van der Waals surface area contributed by atoms with Crippen molar-refractivity contribution in [1.29, 1.82) is 0 Å². The number of aliphatic hydroxyl groups is 6. The molecule has 1 rings (SSSR count). The summed E-state index contributed by atoms with van der Waals surface area (Å²) in [6.07, 6.45) is 8.55. The predicted octanol–water partition coefficient (Wildman–Crippen LogP) is 1.80. The number of phosphoric acid groups is 1. The van der Waals surface area contributed by atoms with Gasteiger partial charge < -0.3 is 40.3 Å². The molecule has 0 radical (unpaired) electrons. The Hall–Kier alpha value is -1.44. The Bertz CT molecular complexity index is 816. The lowest BCUT2D eigenvalue weighted by Crippen LogP contribution is -2.64. The molecule has 0 aliphatic heterocycles. The number of phosphoric ester groups is 1. The molecule has 1 saturated carbocycles. The van der Waals surface area contributed by atoms with Gasteiger partial charge in [0.25, 0.3) is 0 Å². The van der Waals surface area contributed by atoms with Gasteiger partial charge in [-0.05, 0) is 44.9 Å². The number of esters is 1. The Labute approximate surface area is 236 Å². The predicted molar refractivity (Wildman–Crippen MR) is 147 cm³/mol. The number of hydrogen-bond acceptors (Lipinski definition) is 11. The van der Waals surface area contributed by atoms with Gasteiger partial charge in [0, 0.05) is 6.42 Å². The molecule has 0 aromatic heterocycles. The topological polar surface area (TPSA) is 203 Å². The van der Waals surface area contributed by atoms with Gasteiger partial charge in [0.2, 0.25) is 0 Å². The summed E-state index contributed by atoms with van der Waals surface area (Å²) in [7, 11) is -4.99. The molecule has 0 bridgehead atoms. The molecule has 1 fully saturated rings. The summed E-state index contributed by atoms with van der Waals surface area (Å²) in [6.45, 7) is 0.902. The van der Waals surface area contributed by atoms with Crippen molar-refractivity contribution >= 4 is 13.8 Å². The summed E-state index contributed by atoms with van der Waals surface area (Å²) < 4.78 is 26.3. The first-order valence-electron chi connectivity index (χ1n) is 13.8. The molecule has 232 valence electrons. The van der Waals surface area contributed by atoms with E-state index in [1.54, 1.807) is 0 Å². The van der Waals surface area contributed by atoms with Crippen LogP contribution in [0.5, 0.6) is 0 Å². The van der Waals surface area contributed by atoms with Crippen molar-refractivity contribution in [1.82, 2.24) is 0 Å². The molecule has 0 aromatic rings. The largest absolute Gasteiger partial charge is 0.472 e. The molecule has 0 heterocycles. The zero-order chi connectivity index (χ0) is 30.0. The highest BCUT2D eigenvalue weighted by molar-refractivity contribution is 7.47. The number of aliphatic hydroxyl groups excluding tert-OH is 6. The summed E-state index contributed by atoms with van der Waals surface area (Å²) in [4.78, 5) is 21.6. The van der Waals surface area contributed by atoms with Crippen LogP contribution in [0, 0.1) is 0 Å². The second-order valence-electron chi connectivity index (χ2n) is 9.75. The number of rotatable bonds is 20. The molecule has 13 heteroatoms. The molecule has 0 aromatic carbocycles. The molecule has 12 nitrogen and oxygen atoms in total. The number of hydrogen-bond donors (Lipinski definition) is 7. The minimum Gasteiger partial charge on any atom is -0.463 e. The molecule has 0 amide bonds. The lowest BCUT2D eigenvalue weighted by molar-refractivity contribution is -0.220. The normalized spacial score (nSPS) is 27.9. The molecular weight excluding hydrogens is 547 g/mol. The van der Waals surface area contributed by atoms with Crippen LogP contribution in [0.3, 0.4) is 0 Å². The quantitative estimate of drug-likeness (QED) is 0.0467. The third-order valence-electron chi connectivity index (χ3n) is 6.21. The maximum atomic E-state index is 12.1. The van der Waals surface area contributed by atoms with Gasteiger partial charge in [-0.3, -0.25) is 13.8 Å². The van der Waals surface area contributed by atoms with Gasteiger partial charge >= 0.3 is 13.8 Å². The fraction of sp³-hybridized carbons (Fsp3) is 0.741. The van der Waals surface area contributed by atoms with E-state index in [9.17, 15) is 44.9 Å². The summed E-state index contributed by atoms with van der Waals surface area (Å²) in [5, 5.41) is 58.5. The van der Waals surface area contributed by atoms with Crippen molar-refractivity contribution in [2.24, 2.45) is 0 Å². The van der Waals surface area contributed by atoms with E-state index in [0.29, 0.717) is 6.42 Å². The van der Waals surface area contributed by atoms with Gasteiger partial charge in [0.1, 0.15) is 49.3 Å². The van der Waals surface area contributed by atoms with Crippen LogP contribution in [0.15, 0.2) is 36.5 Å². The van der Waals surface area contributed by atoms with Gasteiger partial charge in [0.05, 0.1) is 6.61 Å². The molecule has 40 heavy (non-hydrogen) atoms.